The van der Waals surface area contributed by atoms with Crippen LogP contribution in [0.4, 0.5) is 13.2 Å². The number of amides is 1. The summed E-state index contributed by atoms with van der Waals surface area (Å²) in [6.45, 7) is -0.885. The number of hydrogen-bond donors (Lipinski definition) is 1. The molecule has 102 valence electrons. The number of aliphatic hydroxyl groups is 1. The molecule has 1 rings (SSSR count). The van der Waals surface area contributed by atoms with Gasteiger partial charge < -0.3 is 10.0 Å². The van der Waals surface area contributed by atoms with Gasteiger partial charge in [-0.05, 0) is 12.1 Å². The topological polar surface area (TPSA) is 77.2 Å². The van der Waals surface area contributed by atoms with E-state index in [-0.39, 0.29) is 11.3 Å². The standard InChI is InChI=1S/C11H10F3N3O2/c1-17(6-9(18)11(12,13)14)10(19)8-3-2-7(4-15)5-16-8/h2-3,5,9,18H,6H2,1H3/t9-/m0/s1. The Labute approximate surface area is 106 Å². The third-order valence-corrected chi connectivity index (χ3v) is 2.28. The van der Waals surface area contributed by atoms with Gasteiger partial charge in [0.15, 0.2) is 6.10 Å². The summed E-state index contributed by atoms with van der Waals surface area (Å²) in [5.41, 5.74) is 0.130. The number of nitrogens with zero attached hydrogens (tertiary/aromatic N) is 3. The molecule has 1 aromatic rings. The van der Waals surface area contributed by atoms with Crippen LogP contribution in [0.15, 0.2) is 18.3 Å². The lowest BCUT2D eigenvalue weighted by Gasteiger charge is -2.22. The van der Waals surface area contributed by atoms with Crippen LogP contribution in [-0.4, -0.2) is 46.8 Å². The zero-order chi connectivity index (χ0) is 14.6. The maximum Gasteiger partial charge on any atom is 0.416 e. The summed E-state index contributed by atoms with van der Waals surface area (Å²) < 4.78 is 36.4. The summed E-state index contributed by atoms with van der Waals surface area (Å²) in [4.78, 5) is 16.1. The molecule has 0 saturated carbocycles. The van der Waals surface area contributed by atoms with Crippen LogP contribution >= 0.6 is 0 Å². The van der Waals surface area contributed by atoms with Crippen LogP contribution in [0.3, 0.4) is 0 Å². The first-order valence-electron chi connectivity index (χ1n) is 5.12. The molecular formula is C11H10F3N3O2. The molecule has 0 aliphatic carbocycles. The molecule has 1 atom stereocenters. The second kappa shape index (κ2) is 5.67. The van der Waals surface area contributed by atoms with Crippen molar-refractivity contribution in [1.82, 2.24) is 9.88 Å². The Balaban J connectivity index is 2.74. The molecule has 1 heterocycles. The summed E-state index contributed by atoms with van der Waals surface area (Å²) in [7, 11) is 1.12. The lowest BCUT2D eigenvalue weighted by molar-refractivity contribution is -0.205. The molecule has 1 aromatic heterocycles. The third-order valence-electron chi connectivity index (χ3n) is 2.28. The van der Waals surface area contributed by atoms with E-state index in [2.05, 4.69) is 4.98 Å². The fourth-order valence-corrected chi connectivity index (χ4v) is 1.23. The number of likely N-dealkylation sites (N-methyl/N-ethyl adjacent to an activating group) is 1. The summed E-state index contributed by atoms with van der Waals surface area (Å²) in [6, 6.07) is 4.36. The molecule has 0 unspecified atom stereocenters. The number of pyridine rings is 1. The van der Waals surface area contributed by atoms with Gasteiger partial charge in [0.05, 0.1) is 12.1 Å². The highest BCUT2D eigenvalue weighted by molar-refractivity contribution is 5.92. The fourth-order valence-electron chi connectivity index (χ4n) is 1.23. The first-order valence-corrected chi connectivity index (χ1v) is 5.12. The van der Waals surface area contributed by atoms with Crippen molar-refractivity contribution in [2.24, 2.45) is 0 Å². The van der Waals surface area contributed by atoms with E-state index in [4.69, 9.17) is 10.4 Å². The number of aliphatic hydroxyl groups excluding tert-OH is 1. The van der Waals surface area contributed by atoms with Crippen LogP contribution in [0.1, 0.15) is 16.1 Å². The van der Waals surface area contributed by atoms with Gasteiger partial charge in [0.25, 0.3) is 5.91 Å². The van der Waals surface area contributed by atoms with E-state index in [9.17, 15) is 18.0 Å². The van der Waals surface area contributed by atoms with Crippen molar-refractivity contribution in [2.45, 2.75) is 12.3 Å². The fraction of sp³-hybridized carbons (Fsp3) is 0.364. The lowest BCUT2D eigenvalue weighted by atomic mass is 10.2. The van der Waals surface area contributed by atoms with Crippen molar-refractivity contribution < 1.29 is 23.1 Å². The second-order valence-corrected chi connectivity index (χ2v) is 3.79. The third kappa shape index (κ3) is 3.93. The predicted octanol–water partition coefficient (Wildman–Crippen LogP) is 0.948. The molecule has 1 amide bonds. The minimum absolute atomic E-state index is 0.101. The largest absolute Gasteiger partial charge is 0.416 e. The van der Waals surface area contributed by atoms with Crippen molar-refractivity contribution in [1.29, 1.82) is 5.26 Å². The molecule has 0 saturated heterocycles. The minimum atomic E-state index is -4.79. The van der Waals surface area contributed by atoms with E-state index in [1.165, 1.54) is 12.1 Å². The summed E-state index contributed by atoms with van der Waals surface area (Å²) >= 11 is 0. The van der Waals surface area contributed by atoms with E-state index in [1.54, 1.807) is 6.07 Å². The second-order valence-electron chi connectivity index (χ2n) is 3.79. The quantitative estimate of drug-likeness (QED) is 0.889. The highest BCUT2D eigenvalue weighted by Gasteiger charge is 2.39. The van der Waals surface area contributed by atoms with Gasteiger partial charge >= 0.3 is 6.18 Å². The number of aromatic nitrogens is 1. The van der Waals surface area contributed by atoms with Crippen molar-refractivity contribution in [3.8, 4) is 6.07 Å². The molecule has 19 heavy (non-hydrogen) atoms. The molecule has 1 N–H and O–H groups in total. The summed E-state index contributed by atoms with van der Waals surface area (Å²) in [5.74, 6) is -0.771. The van der Waals surface area contributed by atoms with Gasteiger partial charge in [-0.15, -0.1) is 0 Å². The van der Waals surface area contributed by atoms with Crippen LogP contribution in [0, 0.1) is 11.3 Å². The van der Waals surface area contributed by atoms with Gasteiger partial charge in [-0.1, -0.05) is 0 Å². The van der Waals surface area contributed by atoms with Crippen molar-refractivity contribution in [3.63, 3.8) is 0 Å². The Kier molecular flexibility index (Phi) is 4.45. The first-order chi connectivity index (χ1) is 8.75. The molecule has 0 aliphatic rings. The van der Waals surface area contributed by atoms with Gasteiger partial charge in [0.2, 0.25) is 0 Å². The highest BCUT2D eigenvalue weighted by atomic mass is 19.4. The van der Waals surface area contributed by atoms with Gasteiger partial charge in [0, 0.05) is 13.2 Å². The molecule has 5 nitrogen and oxygen atoms in total. The van der Waals surface area contributed by atoms with E-state index < -0.39 is 24.7 Å². The molecule has 0 aliphatic heterocycles. The average molecular weight is 273 g/mol. The van der Waals surface area contributed by atoms with Crippen LogP contribution in [0.25, 0.3) is 0 Å². The van der Waals surface area contributed by atoms with Gasteiger partial charge in [-0.25, -0.2) is 4.98 Å². The number of carbonyl (C=O) groups excluding carboxylic acids is 1. The molecule has 0 bridgehead atoms. The number of halogens is 3. The maximum atomic E-state index is 12.1. The Hall–Kier alpha value is -2.14. The van der Waals surface area contributed by atoms with Crippen molar-refractivity contribution >= 4 is 5.91 Å². The van der Waals surface area contributed by atoms with Crippen LogP contribution in [0.2, 0.25) is 0 Å². The van der Waals surface area contributed by atoms with E-state index in [0.717, 1.165) is 13.2 Å². The molecular weight excluding hydrogens is 263 g/mol. The van der Waals surface area contributed by atoms with E-state index >= 15 is 0 Å². The molecule has 0 radical (unpaired) electrons. The van der Waals surface area contributed by atoms with Crippen molar-refractivity contribution in [2.75, 3.05) is 13.6 Å². The Morgan fingerprint density at radius 2 is 2.21 bits per heavy atom. The SMILES string of the molecule is CN(C[C@H](O)C(F)(F)F)C(=O)c1ccc(C#N)cn1. The van der Waals surface area contributed by atoms with Crippen molar-refractivity contribution in [3.05, 3.63) is 29.6 Å². The summed E-state index contributed by atoms with van der Waals surface area (Å²) in [5, 5.41) is 17.4. The Bertz CT molecular complexity index is 493. The zero-order valence-corrected chi connectivity index (χ0v) is 9.85. The van der Waals surface area contributed by atoms with E-state index in [0.29, 0.717) is 4.90 Å². The normalized spacial score (nSPS) is 12.6. The number of alkyl halides is 3. The first kappa shape index (κ1) is 14.9. The van der Waals surface area contributed by atoms with Crippen LogP contribution < -0.4 is 0 Å². The van der Waals surface area contributed by atoms with Gasteiger partial charge in [-0.3, -0.25) is 4.79 Å². The lowest BCUT2D eigenvalue weighted by Crippen LogP contribution is -2.42. The van der Waals surface area contributed by atoms with E-state index in [1.807, 2.05) is 0 Å². The number of hydrogen-bond acceptors (Lipinski definition) is 4. The molecule has 0 spiro atoms. The molecule has 0 aromatic carbocycles. The predicted molar refractivity (Wildman–Crippen MR) is 58.0 cm³/mol. The van der Waals surface area contributed by atoms with Crippen LogP contribution in [0.5, 0.6) is 0 Å². The van der Waals surface area contributed by atoms with Gasteiger partial charge in [-0.2, -0.15) is 18.4 Å². The monoisotopic (exact) mass is 273 g/mol. The number of nitriles is 1. The summed E-state index contributed by atoms with van der Waals surface area (Å²) in [6.07, 6.45) is -6.26. The Morgan fingerprint density at radius 1 is 1.58 bits per heavy atom. The highest BCUT2D eigenvalue weighted by Crippen LogP contribution is 2.20. The molecule has 8 heteroatoms. The smallest absolute Gasteiger partial charge is 0.382 e. The Morgan fingerprint density at radius 3 is 2.63 bits per heavy atom. The number of rotatable bonds is 3. The average Bonchev–Trinajstić information content (AvgIpc) is 2.36. The van der Waals surface area contributed by atoms with Gasteiger partial charge in [0.1, 0.15) is 11.8 Å². The minimum Gasteiger partial charge on any atom is -0.382 e. The molecule has 0 fully saturated rings. The van der Waals surface area contributed by atoms with Crippen LogP contribution in [-0.2, 0) is 0 Å². The zero-order valence-electron chi connectivity index (χ0n) is 9.85. The maximum absolute atomic E-state index is 12.1. The number of carbonyl (C=O) groups is 1.